The molecule has 1 aromatic carbocycles. The number of allylic oxidation sites excluding steroid dienone is 2. The van der Waals surface area contributed by atoms with Crippen molar-refractivity contribution in [2.75, 3.05) is 45.8 Å². The van der Waals surface area contributed by atoms with Gasteiger partial charge in [0.15, 0.2) is 0 Å². The Morgan fingerprint density at radius 2 is 1.87 bits per heavy atom. The number of hydrogen-bond donors (Lipinski definition) is 1. The minimum atomic E-state index is -0.0639. The van der Waals surface area contributed by atoms with Crippen LogP contribution in [0.25, 0.3) is 0 Å². The molecule has 0 bridgehead atoms. The van der Waals surface area contributed by atoms with Gasteiger partial charge in [0.1, 0.15) is 0 Å². The van der Waals surface area contributed by atoms with E-state index >= 15 is 0 Å². The van der Waals surface area contributed by atoms with E-state index in [1.807, 2.05) is 11.8 Å². The molecular weight excluding hydrogens is 372 g/mol. The Kier molecular flexibility index (Phi) is 8.11. The number of amides is 2. The van der Waals surface area contributed by atoms with Crippen LogP contribution in [0, 0.1) is 0 Å². The van der Waals surface area contributed by atoms with Crippen molar-refractivity contribution < 1.29 is 4.79 Å². The molecule has 1 fully saturated rings. The lowest BCUT2D eigenvalue weighted by atomic mass is 9.98. The van der Waals surface area contributed by atoms with Gasteiger partial charge in [-0.3, -0.25) is 4.90 Å². The summed E-state index contributed by atoms with van der Waals surface area (Å²) >= 11 is 0. The highest BCUT2D eigenvalue weighted by Gasteiger charge is 2.35. The Hall–Kier alpha value is -2.11. The van der Waals surface area contributed by atoms with Crippen molar-refractivity contribution in [1.82, 2.24) is 20.0 Å². The molecule has 164 valence electrons. The fourth-order valence-corrected chi connectivity index (χ4v) is 4.42. The van der Waals surface area contributed by atoms with E-state index in [0.717, 1.165) is 52.1 Å². The van der Waals surface area contributed by atoms with E-state index < -0.39 is 0 Å². The fraction of sp³-hybridized carbons (Fsp3) is 0.560. The lowest BCUT2D eigenvalue weighted by Crippen LogP contribution is -2.61. The number of hydrogen-bond acceptors (Lipinski definition) is 3. The van der Waals surface area contributed by atoms with Gasteiger partial charge < -0.3 is 15.1 Å². The number of urea groups is 1. The van der Waals surface area contributed by atoms with E-state index in [4.69, 9.17) is 0 Å². The number of piperazine rings is 1. The molecule has 0 radical (unpaired) electrons. The zero-order valence-corrected chi connectivity index (χ0v) is 18.9. The summed E-state index contributed by atoms with van der Waals surface area (Å²) in [5.74, 6) is 0. The molecule has 5 nitrogen and oxygen atoms in total. The number of rotatable bonds is 8. The van der Waals surface area contributed by atoms with Crippen molar-refractivity contribution in [2.24, 2.45) is 0 Å². The maximum absolute atomic E-state index is 12.8. The number of carbonyl (C=O) groups excluding carboxylic acids is 1. The molecule has 5 heteroatoms. The van der Waals surface area contributed by atoms with Crippen molar-refractivity contribution >= 4 is 6.03 Å². The third-order valence-corrected chi connectivity index (χ3v) is 6.29. The van der Waals surface area contributed by atoms with E-state index in [1.165, 1.54) is 5.56 Å². The Morgan fingerprint density at radius 1 is 1.13 bits per heavy atom. The summed E-state index contributed by atoms with van der Waals surface area (Å²) in [6, 6.07) is 10.9. The van der Waals surface area contributed by atoms with Crippen molar-refractivity contribution in [3.8, 4) is 0 Å². The van der Waals surface area contributed by atoms with Crippen LogP contribution in [0.3, 0.4) is 0 Å². The maximum atomic E-state index is 12.8. The molecule has 3 rings (SSSR count). The summed E-state index contributed by atoms with van der Waals surface area (Å²) in [7, 11) is 0. The van der Waals surface area contributed by atoms with E-state index in [9.17, 15) is 4.79 Å². The summed E-state index contributed by atoms with van der Waals surface area (Å²) in [6.07, 6.45) is 10.4. The first kappa shape index (κ1) is 22.6. The zero-order chi connectivity index (χ0) is 21.4. The Balaban J connectivity index is 1.54. The van der Waals surface area contributed by atoms with Crippen LogP contribution >= 0.6 is 0 Å². The monoisotopic (exact) mass is 410 g/mol. The first-order chi connectivity index (χ1) is 14.5. The van der Waals surface area contributed by atoms with Crippen molar-refractivity contribution in [3.05, 3.63) is 60.2 Å². The summed E-state index contributed by atoms with van der Waals surface area (Å²) in [4.78, 5) is 19.9. The fourth-order valence-electron chi connectivity index (χ4n) is 4.42. The molecule has 1 N–H and O–H groups in total. The minimum Gasteiger partial charge on any atom is -0.338 e. The van der Waals surface area contributed by atoms with E-state index in [2.05, 4.69) is 83.6 Å². The number of carbonyl (C=O) groups is 1. The number of nitrogens with zero attached hydrogens (tertiary/aromatic N) is 3. The molecular formula is C25H38N4O. The average Bonchev–Trinajstić information content (AvgIpc) is 2.78. The standard InChI is InChI=1S/C25H38N4O/c1-4-26-24(30)29(23-13-9-6-10-14-23)21-25(2,3)28-19-17-27(18-20-28)16-15-22-11-7-5-8-12-22/h5-13,23H,4,14-21H2,1-3H3,(H,26,30). The van der Waals surface area contributed by atoms with Crippen LogP contribution in [-0.4, -0.2) is 78.1 Å². The van der Waals surface area contributed by atoms with Crippen LogP contribution < -0.4 is 5.32 Å². The van der Waals surface area contributed by atoms with Crippen molar-refractivity contribution in [2.45, 2.75) is 45.2 Å². The van der Waals surface area contributed by atoms with Crippen LogP contribution in [0.2, 0.25) is 0 Å². The van der Waals surface area contributed by atoms with Gasteiger partial charge in [-0.2, -0.15) is 0 Å². The largest absolute Gasteiger partial charge is 0.338 e. The van der Waals surface area contributed by atoms with Gasteiger partial charge in [-0.25, -0.2) is 4.79 Å². The third-order valence-electron chi connectivity index (χ3n) is 6.29. The summed E-state index contributed by atoms with van der Waals surface area (Å²) in [5, 5.41) is 3.01. The first-order valence-electron chi connectivity index (χ1n) is 11.4. The molecule has 2 amide bonds. The van der Waals surface area contributed by atoms with Crippen LogP contribution in [0.1, 0.15) is 32.8 Å². The SMILES string of the molecule is CCNC(=O)N(CC(C)(C)N1CCN(CCc2ccccc2)CC1)C1C=CC=CC1. The Labute approximate surface area is 182 Å². The molecule has 1 saturated heterocycles. The normalized spacial score (nSPS) is 20.3. The average molecular weight is 411 g/mol. The van der Waals surface area contributed by atoms with Gasteiger partial charge in [-0.15, -0.1) is 0 Å². The highest BCUT2D eigenvalue weighted by molar-refractivity contribution is 5.75. The molecule has 0 saturated carbocycles. The van der Waals surface area contributed by atoms with Crippen LogP contribution in [-0.2, 0) is 6.42 Å². The van der Waals surface area contributed by atoms with Gasteiger partial charge in [0, 0.05) is 51.4 Å². The van der Waals surface area contributed by atoms with Gasteiger partial charge in [-0.05, 0) is 39.2 Å². The highest BCUT2D eigenvalue weighted by Crippen LogP contribution is 2.22. The van der Waals surface area contributed by atoms with Crippen molar-refractivity contribution in [3.63, 3.8) is 0 Å². The molecule has 0 spiro atoms. The van der Waals surface area contributed by atoms with Gasteiger partial charge in [0.25, 0.3) is 0 Å². The molecule has 1 atom stereocenters. The first-order valence-corrected chi connectivity index (χ1v) is 11.4. The van der Waals surface area contributed by atoms with Crippen LogP contribution in [0.4, 0.5) is 4.79 Å². The predicted octanol–water partition coefficient (Wildman–Crippen LogP) is 3.54. The highest BCUT2D eigenvalue weighted by atomic mass is 16.2. The van der Waals surface area contributed by atoms with Crippen LogP contribution in [0.15, 0.2) is 54.6 Å². The quantitative estimate of drug-likeness (QED) is 0.712. The van der Waals surface area contributed by atoms with Crippen LogP contribution in [0.5, 0.6) is 0 Å². The van der Waals surface area contributed by atoms with Gasteiger partial charge >= 0.3 is 6.03 Å². The van der Waals surface area contributed by atoms with Crippen molar-refractivity contribution in [1.29, 1.82) is 0 Å². The van der Waals surface area contributed by atoms with Gasteiger partial charge in [-0.1, -0.05) is 54.6 Å². The minimum absolute atomic E-state index is 0.0389. The number of benzene rings is 1. The molecule has 30 heavy (non-hydrogen) atoms. The predicted molar refractivity (Wildman–Crippen MR) is 125 cm³/mol. The topological polar surface area (TPSA) is 38.8 Å². The molecule has 1 aliphatic heterocycles. The molecule has 2 aliphatic rings. The van der Waals surface area contributed by atoms with E-state index in [-0.39, 0.29) is 17.6 Å². The summed E-state index contributed by atoms with van der Waals surface area (Å²) in [6.45, 7) is 13.3. The lowest BCUT2D eigenvalue weighted by Gasteiger charge is -2.47. The second-order valence-electron chi connectivity index (χ2n) is 8.96. The molecule has 1 heterocycles. The van der Waals surface area contributed by atoms with E-state index in [1.54, 1.807) is 0 Å². The molecule has 1 aliphatic carbocycles. The Morgan fingerprint density at radius 3 is 2.50 bits per heavy atom. The maximum Gasteiger partial charge on any atom is 0.317 e. The third kappa shape index (κ3) is 6.19. The van der Waals surface area contributed by atoms with E-state index in [0.29, 0.717) is 6.54 Å². The summed E-state index contributed by atoms with van der Waals surface area (Å²) < 4.78 is 0. The van der Waals surface area contributed by atoms with Gasteiger partial charge in [0.2, 0.25) is 0 Å². The second kappa shape index (κ2) is 10.8. The zero-order valence-electron chi connectivity index (χ0n) is 18.9. The number of nitrogens with one attached hydrogen (secondary N) is 1. The molecule has 1 unspecified atom stereocenters. The smallest absolute Gasteiger partial charge is 0.317 e. The second-order valence-corrected chi connectivity index (χ2v) is 8.96. The molecule has 1 aromatic rings. The lowest BCUT2D eigenvalue weighted by molar-refractivity contribution is 0.0315. The molecule has 0 aromatic heterocycles. The Bertz CT molecular complexity index is 720. The summed E-state index contributed by atoms with van der Waals surface area (Å²) in [5.41, 5.74) is 1.35. The van der Waals surface area contributed by atoms with Gasteiger partial charge in [0.05, 0.1) is 6.04 Å².